The van der Waals surface area contributed by atoms with Crippen LogP contribution in [0.2, 0.25) is 5.02 Å². The highest BCUT2D eigenvalue weighted by atomic mass is 35.5. The molecule has 2 aromatic rings. The van der Waals surface area contributed by atoms with Gasteiger partial charge in [-0.3, -0.25) is 13.9 Å². The molecule has 0 aromatic heterocycles. The monoisotopic (exact) mass is 509 g/mol. The summed E-state index contributed by atoms with van der Waals surface area (Å²) in [6.07, 6.45) is 1.00. The van der Waals surface area contributed by atoms with Crippen LogP contribution in [0.15, 0.2) is 42.5 Å². The van der Waals surface area contributed by atoms with Gasteiger partial charge in [-0.1, -0.05) is 41.4 Å². The zero-order valence-electron chi connectivity index (χ0n) is 20.3. The highest BCUT2D eigenvalue weighted by Gasteiger charge is 2.31. The van der Waals surface area contributed by atoms with E-state index in [1.54, 1.807) is 13.0 Å². The number of rotatable bonds is 10. The molecule has 0 heterocycles. The predicted molar refractivity (Wildman–Crippen MR) is 135 cm³/mol. The standard InChI is InChI=1S/C24H32ClN3O5S/c1-16(2)26-24(30)18(4)27(14-19-9-7-8-17(3)12-19)23(29)15-28(34(6,31)32)21-13-20(25)10-11-22(21)33-5/h7-13,16,18H,14-15H2,1-6H3,(H,26,30)/t18-/m1/s1. The molecule has 0 saturated heterocycles. The fourth-order valence-electron chi connectivity index (χ4n) is 3.45. The van der Waals surface area contributed by atoms with Crippen LogP contribution in [0, 0.1) is 6.92 Å². The number of sulfonamides is 1. The molecule has 0 saturated carbocycles. The van der Waals surface area contributed by atoms with Crippen LogP contribution in [0.3, 0.4) is 0 Å². The summed E-state index contributed by atoms with van der Waals surface area (Å²) in [5.41, 5.74) is 1.97. The van der Waals surface area contributed by atoms with Gasteiger partial charge in [0, 0.05) is 17.6 Å². The molecule has 34 heavy (non-hydrogen) atoms. The van der Waals surface area contributed by atoms with Crippen LogP contribution in [0.1, 0.15) is 31.9 Å². The number of ether oxygens (including phenoxy) is 1. The number of benzene rings is 2. The lowest BCUT2D eigenvalue weighted by Gasteiger charge is -2.32. The van der Waals surface area contributed by atoms with Crippen LogP contribution in [0.4, 0.5) is 5.69 Å². The molecule has 186 valence electrons. The molecule has 0 fully saturated rings. The number of carbonyl (C=O) groups is 2. The number of anilines is 1. The average molecular weight is 510 g/mol. The quantitative estimate of drug-likeness (QED) is 0.529. The van der Waals surface area contributed by atoms with Gasteiger partial charge in [-0.2, -0.15) is 0 Å². The lowest BCUT2D eigenvalue weighted by atomic mass is 10.1. The number of carbonyl (C=O) groups excluding carboxylic acids is 2. The summed E-state index contributed by atoms with van der Waals surface area (Å²) in [6, 6.07) is 11.1. The molecule has 10 heteroatoms. The molecule has 0 aliphatic carbocycles. The van der Waals surface area contributed by atoms with Crippen molar-refractivity contribution in [2.75, 3.05) is 24.2 Å². The minimum Gasteiger partial charge on any atom is -0.495 e. The van der Waals surface area contributed by atoms with Gasteiger partial charge in [0.15, 0.2) is 0 Å². The molecule has 0 aliphatic rings. The fourth-order valence-corrected chi connectivity index (χ4v) is 4.46. The molecule has 0 unspecified atom stereocenters. The van der Waals surface area contributed by atoms with Crippen molar-refractivity contribution in [1.29, 1.82) is 0 Å². The van der Waals surface area contributed by atoms with Gasteiger partial charge in [0.25, 0.3) is 0 Å². The molecule has 0 spiro atoms. The third-order valence-corrected chi connectivity index (χ3v) is 6.48. The Balaban J connectivity index is 2.47. The van der Waals surface area contributed by atoms with Gasteiger partial charge < -0.3 is 15.0 Å². The van der Waals surface area contributed by atoms with Crippen LogP contribution >= 0.6 is 11.6 Å². The van der Waals surface area contributed by atoms with Gasteiger partial charge in [-0.15, -0.1) is 0 Å². The highest BCUT2D eigenvalue weighted by Crippen LogP contribution is 2.33. The summed E-state index contributed by atoms with van der Waals surface area (Å²) in [5, 5.41) is 3.10. The van der Waals surface area contributed by atoms with E-state index in [1.165, 1.54) is 24.1 Å². The Morgan fingerprint density at radius 2 is 1.79 bits per heavy atom. The summed E-state index contributed by atoms with van der Waals surface area (Å²) < 4.78 is 31.6. The van der Waals surface area contributed by atoms with Crippen molar-refractivity contribution in [1.82, 2.24) is 10.2 Å². The van der Waals surface area contributed by atoms with E-state index in [1.807, 2.05) is 45.0 Å². The number of hydrogen-bond donors (Lipinski definition) is 1. The topological polar surface area (TPSA) is 96.0 Å². The van der Waals surface area contributed by atoms with Crippen LogP contribution in [0.25, 0.3) is 0 Å². The van der Waals surface area contributed by atoms with E-state index in [-0.39, 0.29) is 35.0 Å². The number of nitrogens with one attached hydrogen (secondary N) is 1. The molecule has 8 nitrogen and oxygen atoms in total. The zero-order chi connectivity index (χ0) is 25.6. The molecule has 2 aromatic carbocycles. The molecule has 2 rings (SSSR count). The first-order chi connectivity index (χ1) is 15.8. The predicted octanol–water partition coefficient (Wildman–Crippen LogP) is 3.36. The Labute approximate surface area is 206 Å². The maximum Gasteiger partial charge on any atom is 0.244 e. The Hall–Kier alpha value is -2.78. The summed E-state index contributed by atoms with van der Waals surface area (Å²) in [6.45, 7) is 6.82. The lowest BCUT2D eigenvalue weighted by molar-refractivity contribution is -0.139. The van der Waals surface area contributed by atoms with Gasteiger partial charge in [-0.25, -0.2) is 8.42 Å². The number of methoxy groups -OCH3 is 1. The Kier molecular flexibility index (Phi) is 9.35. The van der Waals surface area contributed by atoms with E-state index in [4.69, 9.17) is 16.3 Å². The van der Waals surface area contributed by atoms with E-state index < -0.39 is 28.5 Å². The second-order valence-corrected chi connectivity index (χ2v) is 10.8. The minimum atomic E-state index is -3.89. The van der Waals surface area contributed by atoms with Gasteiger partial charge in [0.1, 0.15) is 18.3 Å². The van der Waals surface area contributed by atoms with Gasteiger partial charge in [0.2, 0.25) is 21.8 Å². The smallest absolute Gasteiger partial charge is 0.244 e. The van der Waals surface area contributed by atoms with Gasteiger partial charge >= 0.3 is 0 Å². The summed E-state index contributed by atoms with van der Waals surface area (Å²) >= 11 is 6.10. The van der Waals surface area contributed by atoms with Crippen molar-refractivity contribution in [3.63, 3.8) is 0 Å². The van der Waals surface area contributed by atoms with Crippen LogP contribution in [-0.2, 0) is 26.2 Å². The molecule has 0 radical (unpaired) electrons. The van der Waals surface area contributed by atoms with E-state index >= 15 is 0 Å². The van der Waals surface area contributed by atoms with E-state index in [2.05, 4.69) is 5.32 Å². The largest absolute Gasteiger partial charge is 0.495 e. The number of nitrogens with zero attached hydrogens (tertiary/aromatic N) is 2. The van der Waals surface area contributed by atoms with Crippen LogP contribution < -0.4 is 14.4 Å². The number of aryl methyl sites for hydroxylation is 1. The number of halogens is 1. The Morgan fingerprint density at radius 3 is 2.35 bits per heavy atom. The number of amides is 2. The molecule has 0 aliphatic heterocycles. The summed E-state index contributed by atoms with van der Waals surface area (Å²) in [5.74, 6) is -0.624. The Bertz CT molecular complexity index is 1140. The molecule has 2 amide bonds. The third-order valence-electron chi connectivity index (χ3n) is 5.12. The summed E-state index contributed by atoms with van der Waals surface area (Å²) in [4.78, 5) is 27.7. The van der Waals surface area contributed by atoms with Crippen LogP contribution in [0.5, 0.6) is 5.75 Å². The van der Waals surface area contributed by atoms with Crippen molar-refractivity contribution in [3.8, 4) is 5.75 Å². The fraction of sp³-hybridized carbons (Fsp3) is 0.417. The van der Waals surface area contributed by atoms with E-state index in [9.17, 15) is 18.0 Å². The van der Waals surface area contributed by atoms with Crippen LogP contribution in [-0.4, -0.2) is 57.1 Å². The zero-order valence-corrected chi connectivity index (χ0v) is 21.9. The molecular formula is C24H32ClN3O5S. The maximum atomic E-state index is 13.5. The first-order valence-electron chi connectivity index (χ1n) is 10.8. The van der Waals surface area contributed by atoms with Crippen molar-refractivity contribution >= 4 is 39.1 Å². The van der Waals surface area contributed by atoms with Crippen molar-refractivity contribution in [3.05, 3.63) is 58.6 Å². The van der Waals surface area contributed by atoms with Crippen molar-refractivity contribution in [2.24, 2.45) is 0 Å². The van der Waals surface area contributed by atoms with Crippen molar-refractivity contribution in [2.45, 2.75) is 46.3 Å². The summed E-state index contributed by atoms with van der Waals surface area (Å²) in [7, 11) is -2.49. The highest BCUT2D eigenvalue weighted by molar-refractivity contribution is 7.92. The average Bonchev–Trinajstić information content (AvgIpc) is 2.74. The molecule has 0 bridgehead atoms. The Morgan fingerprint density at radius 1 is 1.12 bits per heavy atom. The molecule has 1 N–H and O–H groups in total. The van der Waals surface area contributed by atoms with Gasteiger partial charge in [-0.05, 0) is 51.5 Å². The molecule has 1 atom stereocenters. The van der Waals surface area contributed by atoms with E-state index in [0.29, 0.717) is 0 Å². The number of hydrogen-bond acceptors (Lipinski definition) is 5. The SMILES string of the molecule is COc1ccc(Cl)cc1N(CC(=O)N(Cc1cccc(C)c1)[C@H](C)C(=O)NC(C)C)S(C)(=O)=O. The maximum absolute atomic E-state index is 13.5. The second-order valence-electron chi connectivity index (χ2n) is 8.44. The van der Waals surface area contributed by atoms with Gasteiger partial charge in [0.05, 0.1) is 19.1 Å². The second kappa shape index (κ2) is 11.6. The van der Waals surface area contributed by atoms with Crippen molar-refractivity contribution < 1.29 is 22.7 Å². The minimum absolute atomic E-state index is 0.117. The first-order valence-corrected chi connectivity index (χ1v) is 13.0. The van der Waals surface area contributed by atoms with E-state index in [0.717, 1.165) is 21.7 Å². The lowest BCUT2D eigenvalue weighted by Crippen LogP contribution is -2.52. The molecular weight excluding hydrogens is 478 g/mol. The normalized spacial score (nSPS) is 12.2. The third kappa shape index (κ3) is 7.36. The first kappa shape index (κ1) is 27.5.